The Bertz CT molecular complexity index is 1440. The first kappa shape index (κ1) is 46.2. The number of rotatable bonds is 12. The van der Waals surface area contributed by atoms with Crippen molar-refractivity contribution in [2.24, 2.45) is 0 Å². The van der Waals surface area contributed by atoms with Crippen molar-refractivity contribution in [3.63, 3.8) is 0 Å². The molecule has 6 saturated heterocycles. The highest BCUT2D eigenvalue weighted by atomic mass is 16.8. The average Bonchev–Trinajstić information content (AvgIpc) is 3.18. The molecule has 0 aliphatic carbocycles. The minimum absolute atomic E-state index is 0.109. The van der Waals surface area contributed by atoms with Crippen molar-refractivity contribution in [2.75, 3.05) is 0 Å². The second-order valence-corrected chi connectivity index (χ2v) is 17.2. The van der Waals surface area contributed by atoms with E-state index in [0.29, 0.717) is 31.4 Å². The third-order valence-electron chi connectivity index (χ3n) is 12.4. The van der Waals surface area contributed by atoms with E-state index in [4.69, 9.17) is 56.8 Å². The molecule has 18 heteroatoms. The third kappa shape index (κ3) is 11.5. The second-order valence-electron chi connectivity index (χ2n) is 17.2. The van der Waals surface area contributed by atoms with Gasteiger partial charge in [0.05, 0.1) is 73.2 Å². The topological polar surface area (TPSA) is 232 Å². The van der Waals surface area contributed by atoms with Crippen LogP contribution in [0.4, 0.5) is 0 Å². The van der Waals surface area contributed by atoms with Crippen LogP contribution >= 0.6 is 0 Å². The maximum atomic E-state index is 11.2. The normalized spacial score (nSPS) is 48.0. The molecule has 1 aromatic carbocycles. The van der Waals surface area contributed by atoms with Gasteiger partial charge in [-0.3, -0.25) is 0 Å². The molecule has 7 rings (SSSR count). The van der Waals surface area contributed by atoms with Crippen molar-refractivity contribution in [3.8, 4) is 11.5 Å². The third-order valence-corrected chi connectivity index (χ3v) is 12.4. The van der Waals surface area contributed by atoms with Crippen molar-refractivity contribution in [2.45, 2.75) is 228 Å². The van der Waals surface area contributed by atoms with Gasteiger partial charge in [-0.15, -0.1) is 0 Å². The Morgan fingerprint density at radius 1 is 0.417 bits per heavy atom. The van der Waals surface area contributed by atoms with E-state index in [1.165, 1.54) is 12.1 Å². The number of phenols is 1. The molecule has 0 aromatic heterocycles. The van der Waals surface area contributed by atoms with Crippen LogP contribution < -0.4 is 4.74 Å². The molecule has 60 heavy (non-hydrogen) atoms. The molecule has 18 nitrogen and oxygen atoms in total. The van der Waals surface area contributed by atoms with Crippen LogP contribution in [0.1, 0.15) is 92.9 Å². The highest BCUT2D eigenvalue weighted by Crippen LogP contribution is 2.36. The summed E-state index contributed by atoms with van der Waals surface area (Å²) >= 11 is 0. The molecule has 6 fully saturated rings. The molecule has 0 bridgehead atoms. The molecule has 0 saturated carbocycles. The van der Waals surface area contributed by atoms with Gasteiger partial charge in [0.2, 0.25) is 6.29 Å². The Morgan fingerprint density at radius 3 is 1.35 bits per heavy atom. The first-order valence-electron chi connectivity index (χ1n) is 21.7. The molecule has 22 atom stereocenters. The fourth-order valence-electron chi connectivity index (χ4n) is 8.98. The van der Waals surface area contributed by atoms with Crippen molar-refractivity contribution < 1.29 is 87.5 Å². The van der Waals surface area contributed by atoms with Gasteiger partial charge in [-0.2, -0.15) is 0 Å². The summed E-state index contributed by atoms with van der Waals surface area (Å²) in [5.41, 5.74) is 0. The lowest BCUT2D eigenvalue weighted by Gasteiger charge is -2.45. The second kappa shape index (κ2) is 20.3. The number of phenolic OH excluding ortho intramolecular Hbond substituents is 1. The van der Waals surface area contributed by atoms with E-state index < -0.39 is 123 Å². The van der Waals surface area contributed by atoms with E-state index in [1.807, 2.05) is 6.92 Å². The van der Waals surface area contributed by atoms with E-state index in [-0.39, 0.29) is 43.6 Å². The number of hydrogen-bond acceptors (Lipinski definition) is 18. The minimum atomic E-state index is -0.948. The number of ether oxygens (including phenoxy) is 12. The zero-order valence-corrected chi connectivity index (χ0v) is 35.3. The molecule has 6 aliphatic heterocycles. The molecule has 1 aromatic rings. The first-order chi connectivity index (χ1) is 28.6. The minimum Gasteiger partial charge on any atom is -0.508 e. The van der Waals surface area contributed by atoms with Gasteiger partial charge in [0, 0.05) is 38.5 Å². The quantitative estimate of drug-likeness (QED) is 0.177. The fourth-order valence-corrected chi connectivity index (χ4v) is 8.98. The molecule has 6 heterocycles. The Kier molecular flexibility index (Phi) is 15.7. The van der Waals surface area contributed by atoms with Gasteiger partial charge in [-0.05, 0) is 78.6 Å². The number of aromatic hydroxyl groups is 1. The largest absolute Gasteiger partial charge is 0.508 e. The zero-order valence-electron chi connectivity index (χ0n) is 35.3. The molecule has 0 amide bonds. The number of benzene rings is 1. The standard InChI is InChI=1S/C42H66O18/c1-19-27(44)11-13-33(49-19)58-41-23(5)54-37(17-30(41)47)60-42-24(6)52-35(15-29(42)46)56-31-12-14-34(50-20(31)2)59-40-22(4)53-36(16-28(40)45)57-32-18-38(51-21(3)39(32)48)55-26-9-7-25(43)8-10-26/h7-10,19-24,27-48H,11-18H2,1-6H3/t19-,20-,21+,22+,23+,24+,27-,28+,29+,30+,31-,32+,33-,34-,35-,36-,37-,38-,39+,40+,41+,42+/m0/s1. The summed E-state index contributed by atoms with van der Waals surface area (Å²) in [5.74, 6) is 0.613. The monoisotopic (exact) mass is 858 g/mol. The van der Waals surface area contributed by atoms with Crippen LogP contribution in [0, 0.1) is 0 Å². The van der Waals surface area contributed by atoms with Crippen molar-refractivity contribution in [1.82, 2.24) is 0 Å². The van der Waals surface area contributed by atoms with Gasteiger partial charge in [0.1, 0.15) is 35.9 Å². The van der Waals surface area contributed by atoms with Gasteiger partial charge >= 0.3 is 0 Å². The van der Waals surface area contributed by atoms with Crippen LogP contribution in [0.15, 0.2) is 24.3 Å². The van der Waals surface area contributed by atoms with Crippen LogP contribution in [-0.2, 0) is 52.1 Å². The average molecular weight is 859 g/mol. The van der Waals surface area contributed by atoms with Gasteiger partial charge in [0.15, 0.2) is 31.5 Å². The van der Waals surface area contributed by atoms with E-state index >= 15 is 0 Å². The predicted octanol–water partition coefficient (Wildman–Crippen LogP) is 2.09. The first-order valence-corrected chi connectivity index (χ1v) is 21.7. The molecule has 0 spiro atoms. The van der Waals surface area contributed by atoms with Crippen LogP contribution in [0.5, 0.6) is 11.5 Å². The van der Waals surface area contributed by atoms with Gasteiger partial charge < -0.3 is 87.5 Å². The summed E-state index contributed by atoms with van der Waals surface area (Å²) < 4.78 is 73.1. The number of aliphatic hydroxyl groups excluding tert-OH is 5. The van der Waals surface area contributed by atoms with Crippen molar-refractivity contribution >= 4 is 0 Å². The number of aliphatic hydroxyl groups is 5. The summed E-state index contributed by atoms with van der Waals surface area (Å²) in [6, 6.07) is 6.26. The van der Waals surface area contributed by atoms with Gasteiger partial charge in [0.25, 0.3) is 0 Å². The SMILES string of the molecule is C[C@@H]1O[C@@H](O[C@H]2[C@H](O)C[C@H](O[C@@H]3C[C@H](Oc4ccc(O)cc4)O[C@H](C)[C@H]3O)O[C@@H]2C)CC[C@@H]1O[C@H]1C[C@@H](O)[C@H](O[C@H]2C[C@@H](O)[C@H](O[C@H]3CC[C@H](O)[C@H](C)O3)[C@@H](C)O2)[C@@H](C)O1. The van der Waals surface area contributed by atoms with Gasteiger partial charge in [-0.25, -0.2) is 0 Å². The van der Waals surface area contributed by atoms with Crippen LogP contribution in [0.25, 0.3) is 0 Å². The Labute approximate surface area is 351 Å². The van der Waals surface area contributed by atoms with Crippen molar-refractivity contribution in [3.05, 3.63) is 24.3 Å². The van der Waals surface area contributed by atoms with E-state index in [9.17, 15) is 30.6 Å². The van der Waals surface area contributed by atoms with E-state index in [0.717, 1.165) is 0 Å². The molecule has 342 valence electrons. The lowest BCUT2D eigenvalue weighted by Crippen LogP contribution is -2.56. The van der Waals surface area contributed by atoms with E-state index in [2.05, 4.69) is 0 Å². The number of hydrogen-bond donors (Lipinski definition) is 6. The molecular weight excluding hydrogens is 792 g/mol. The summed E-state index contributed by atoms with van der Waals surface area (Å²) in [6.07, 6.45) is -11.8. The van der Waals surface area contributed by atoms with Crippen LogP contribution in [0.2, 0.25) is 0 Å². The fraction of sp³-hybridized carbons (Fsp3) is 0.857. The zero-order chi connectivity index (χ0) is 42.8. The van der Waals surface area contributed by atoms with Gasteiger partial charge in [-0.1, -0.05) is 0 Å². The summed E-state index contributed by atoms with van der Waals surface area (Å²) in [7, 11) is 0. The molecule has 6 aliphatic rings. The smallest absolute Gasteiger partial charge is 0.202 e. The summed E-state index contributed by atoms with van der Waals surface area (Å²) in [4.78, 5) is 0. The Hall–Kier alpha value is -1.82. The van der Waals surface area contributed by atoms with Crippen molar-refractivity contribution in [1.29, 1.82) is 0 Å². The molecule has 0 unspecified atom stereocenters. The lowest BCUT2D eigenvalue weighted by atomic mass is 9.99. The molecule has 6 N–H and O–H groups in total. The van der Waals surface area contributed by atoms with Crippen LogP contribution in [-0.4, -0.2) is 166 Å². The maximum Gasteiger partial charge on any atom is 0.202 e. The maximum absolute atomic E-state index is 11.2. The van der Waals surface area contributed by atoms with Crippen LogP contribution in [0.3, 0.4) is 0 Å². The summed E-state index contributed by atoms with van der Waals surface area (Å²) in [5, 5.41) is 63.7. The Morgan fingerprint density at radius 2 is 0.850 bits per heavy atom. The predicted molar refractivity (Wildman–Crippen MR) is 206 cm³/mol. The Balaban J connectivity index is 0.822. The molecular formula is C42H66O18. The lowest BCUT2D eigenvalue weighted by molar-refractivity contribution is -0.342. The summed E-state index contributed by atoms with van der Waals surface area (Å²) in [6.45, 7) is 10.8. The highest BCUT2D eigenvalue weighted by molar-refractivity contribution is 5.30. The van der Waals surface area contributed by atoms with E-state index in [1.54, 1.807) is 46.8 Å². The molecule has 0 radical (unpaired) electrons. The highest BCUT2D eigenvalue weighted by Gasteiger charge is 2.47.